The van der Waals surface area contributed by atoms with Gasteiger partial charge in [-0.3, -0.25) is 10.1 Å². The summed E-state index contributed by atoms with van der Waals surface area (Å²) in [5.74, 6) is -0.765. The molecule has 2 aromatic heterocycles. The van der Waals surface area contributed by atoms with Crippen LogP contribution in [0, 0.1) is 12.7 Å². The number of hydrogen-bond donors (Lipinski definition) is 2. The Balaban J connectivity index is 1.66. The highest BCUT2D eigenvalue weighted by Gasteiger charge is 2.19. The molecule has 2 amide bonds. The number of ether oxygens (including phenoxy) is 1. The smallest absolute Gasteiger partial charge is 0.411 e. The topological polar surface area (TPSA) is 106 Å². The number of fused-ring (bicyclic) bond motifs is 1. The average Bonchev–Trinajstić information content (AvgIpc) is 3.15. The van der Waals surface area contributed by atoms with Gasteiger partial charge in [-0.15, -0.1) is 0 Å². The van der Waals surface area contributed by atoms with E-state index in [0.29, 0.717) is 39.3 Å². The zero-order chi connectivity index (χ0) is 22.0. The number of carbonyl (C=O) groups is 2. The molecule has 0 unspecified atom stereocenters. The average molecular weight is 420 g/mol. The molecule has 0 aliphatic carbocycles. The highest BCUT2D eigenvalue weighted by atomic mass is 19.1. The maximum Gasteiger partial charge on any atom is 0.411 e. The third-order valence-corrected chi connectivity index (χ3v) is 4.58. The quantitative estimate of drug-likeness (QED) is 0.493. The summed E-state index contributed by atoms with van der Waals surface area (Å²) in [5, 5.41) is 9.75. The number of hydrogen-bond acceptors (Lipinski definition) is 6. The van der Waals surface area contributed by atoms with E-state index >= 15 is 0 Å². The Morgan fingerprint density at radius 1 is 1.00 bits per heavy atom. The molecule has 0 saturated heterocycles. The van der Waals surface area contributed by atoms with Crippen molar-refractivity contribution in [2.24, 2.45) is 0 Å². The van der Waals surface area contributed by atoms with E-state index in [1.54, 1.807) is 49.4 Å². The number of benzene rings is 2. The molecule has 0 spiro atoms. The number of pyridine rings is 1. The number of aryl methyl sites for hydroxylation is 1. The molecule has 0 radical (unpaired) electrons. The zero-order valence-corrected chi connectivity index (χ0v) is 16.6. The number of methoxy groups -OCH3 is 1. The molecule has 31 heavy (non-hydrogen) atoms. The SMILES string of the molecule is COC(=O)Nc1ccc(NC(=O)c2cc(-c3ccc(F)cc3)nc3onc(C)c23)cc1. The lowest BCUT2D eigenvalue weighted by atomic mass is 10.0. The van der Waals surface area contributed by atoms with Crippen molar-refractivity contribution in [2.45, 2.75) is 6.92 Å². The Labute approximate surface area is 176 Å². The van der Waals surface area contributed by atoms with Crippen molar-refractivity contribution in [3.63, 3.8) is 0 Å². The molecule has 2 aromatic carbocycles. The molecule has 8 nitrogen and oxygen atoms in total. The van der Waals surface area contributed by atoms with Gasteiger partial charge >= 0.3 is 6.09 Å². The van der Waals surface area contributed by atoms with Gasteiger partial charge in [0.05, 0.1) is 29.4 Å². The number of halogens is 1. The van der Waals surface area contributed by atoms with Gasteiger partial charge in [0.25, 0.3) is 11.6 Å². The molecule has 0 atom stereocenters. The van der Waals surface area contributed by atoms with E-state index in [0.717, 1.165) is 0 Å². The van der Waals surface area contributed by atoms with Crippen LogP contribution in [-0.2, 0) is 4.74 Å². The number of anilines is 2. The fourth-order valence-electron chi connectivity index (χ4n) is 3.05. The minimum Gasteiger partial charge on any atom is -0.453 e. The van der Waals surface area contributed by atoms with E-state index in [1.807, 2.05) is 0 Å². The summed E-state index contributed by atoms with van der Waals surface area (Å²) < 4.78 is 23.1. The third-order valence-electron chi connectivity index (χ3n) is 4.58. The predicted molar refractivity (Wildman–Crippen MR) is 112 cm³/mol. The largest absolute Gasteiger partial charge is 0.453 e. The molecule has 4 rings (SSSR count). The van der Waals surface area contributed by atoms with Crippen molar-refractivity contribution in [2.75, 3.05) is 17.7 Å². The molecule has 2 heterocycles. The van der Waals surface area contributed by atoms with Crippen molar-refractivity contribution in [1.82, 2.24) is 10.1 Å². The second-order valence-corrected chi connectivity index (χ2v) is 6.66. The molecular formula is C22H17FN4O4. The van der Waals surface area contributed by atoms with Gasteiger partial charge in [0.15, 0.2) is 0 Å². The number of aromatic nitrogens is 2. The van der Waals surface area contributed by atoms with Crippen molar-refractivity contribution < 1.29 is 23.2 Å². The number of nitrogens with zero attached hydrogens (tertiary/aromatic N) is 2. The lowest BCUT2D eigenvalue weighted by Gasteiger charge is -2.09. The van der Waals surface area contributed by atoms with Crippen LogP contribution >= 0.6 is 0 Å². The van der Waals surface area contributed by atoms with Crippen LogP contribution in [0.5, 0.6) is 0 Å². The van der Waals surface area contributed by atoms with Crippen molar-refractivity contribution in [3.05, 3.63) is 71.7 Å². The first kappa shape index (κ1) is 20.0. The second kappa shape index (κ2) is 8.23. The third kappa shape index (κ3) is 4.20. The number of rotatable bonds is 4. The monoisotopic (exact) mass is 420 g/mol. The predicted octanol–water partition coefficient (Wildman–Crippen LogP) is 4.77. The Bertz CT molecular complexity index is 1270. The van der Waals surface area contributed by atoms with Crippen molar-refractivity contribution in [1.29, 1.82) is 0 Å². The number of amides is 2. The Morgan fingerprint density at radius 2 is 1.65 bits per heavy atom. The number of nitrogens with one attached hydrogen (secondary N) is 2. The first-order valence-corrected chi connectivity index (χ1v) is 9.24. The van der Waals surface area contributed by atoms with E-state index < -0.39 is 12.0 Å². The van der Waals surface area contributed by atoms with Gasteiger partial charge in [0.2, 0.25) is 0 Å². The summed E-state index contributed by atoms with van der Waals surface area (Å²) in [5.41, 5.74) is 3.17. The highest BCUT2D eigenvalue weighted by molar-refractivity contribution is 6.13. The van der Waals surface area contributed by atoms with Crippen LogP contribution in [0.15, 0.2) is 59.1 Å². The lowest BCUT2D eigenvalue weighted by Crippen LogP contribution is -2.14. The van der Waals surface area contributed by atoms with Crippen LogP contribution in [0.25, 0.3) is 22.4 Å². The molecule has 0 bridgehead atoms. The summed E-state index contributed by atoms with van der Waals surface area (Å²) >= 11 is 0. The molecule has 156 valence electrons. The van der Waals surface area contributed by atoms with Crippen LogP contribution in [0.4, 0.5) is 20.6 Å². The van der Waals surface area contributed by atoms with E-state index in [1.165, 1.54) is 19.2 Å². The minimum absolute atomic E-state index is 0.210. The van der Waals surface area contributed by atoms with Crippen molar-refractivity contribution in [3.8, 4) is 11.3 Å². The van der Waals surface area contributed by atoms with E-state index in [4.69, 9.17) is 4.52 Å². The molecule has 9 heteroatoms. The molecular weight excluding hydrogens is 403 g/mol. The van der Waals surface area contributed by atoms with Crippen LogP contribution in [0.3, 0.4) is 0 Å². The van der Waals surface area contributed by atoms with Gasteiger partial charge in [-0.2, -0.15) is 0 Å². The van der Waals surface area contributed by atoms with Crippen LogP contribution in [0.1, 0.15) is 16.1 Å². The Kier molecular flexibility index (Phi) is 5.31. The molecule has 2 N–H and O–H groups in total. The van der Waals surface area contributed by atoms with Crippen LogP contribution in [-0.4, -0.2) is 29.3 Å². The lowest BCUT2D eigenvalue weighted by molar-refractivity contribution is 0.102. The summed E-state index contributed by atoms with van der Waals surface area (Å²) in [6, 6.07) is 13.9. The summed E-state index contributed by atoms with van der Waals surface area (Å²) in [7, 11) is 1.27. The second-order valence-electron chi connectivity index (χ2n) is 6.66. The fourth-order valence-corrected chi connectivity index (χ4v) is 3.05. The maximum atomic E-state index is 13.3. The first-order valence-electron chi connectivity index (χ1n) is 9.24. The van der Waals surface area contributed by atoms with E-state index in [9.17, 15) is 14.0 Å². The standard InChI is InChI=1S/C22H17FN4O4/c1-12-19-17(20(28)24-15-7-9-16(10-8-15)25-22(29)30-2)11-18(26-21(19)31-27-12)13-3-5-14(23)6-4-13/h3-11H,1-2H3,(H,24,28)(H,25,29). The van der Waals surface area contributed by atoms with Gasteiger partial charge < -0.3 is 14.6 Å². The molecule has 0 aliphatic rings. The Morgan fingerprint density at radius 3 is 2.29 bits per heavy atom. The molecule has 0 saturated carbocycles. The molecule has 0 fully saturated rings. The van der Waals surface area contributed by atoms with Gasteiger partial charge in [-0.1, -0.05) is 5.16 Å². The summed E-state index contributed by atoms with van der Waals surface area (Å²) in [6.45, 7) is 1.72. The summed E-state index contributed by atoms with van der Waals surface area (Å²) in [4.78, 5) is 28.8. The van der Waals surface area contributed by atoms with E-state index in [2.05, 4.69) is 25.5 Å². The Hall–Kier alpha value is -4.27. The van der Waals surface area contributed by atoms with Gasteiger partial charge in [0.1, 0.15) is 5.82 Å². The van der Waals surface area contributed by atoms with Crippen LogP contribution < -0.4 is 10.6 Å². The zero-order valence-electron chi connectivity index (χ0n) is 16.6. The highest BCUT2D eigenvalue weighted by Crippen LogP contribution is 2.28. The molecule has 4 aromatic rings. The maximum absolute atomic E-state index is 13.3. The number of carbonyl (C=O) groups excluding carboxylic acids is 2. The van der Waals surface area contributed by atoms with Crippen LogP contribution in [0.2, 0.25) is 0 Å². The fraction of sp³-hybridized carbons (Fsp3) is 0.0909. The summed E-state index contributed by atoms with van der Waals surface area (Å²) in [6.07, 6.45) is -0.591. The normalized spacial score (nSPS) is 10.7. The van der Waals surface area contributed by atoms with Gasteiger partial charge in [-0.25, -0.2) is 14.2 Å². The molecule has 0 aliphatic heterocycles. The van der Waals surface area contributed by atoms with Crippen molar-refractivity contribution >= 4 is 34.5 Å². The minimum atomic E-state index is -0.591. The van der Waals surface area contributed by atoms with E-state index in [-0.39, 0.29) is 11.5 Å². The first-order chi connectivity index (χ1) is 14.9. The van der Waals surface area contributed by atoms with Gasteiger partial charge in [0, 0.05) is 16.9 Å². The van der Waals surface area contributed by atoms with Gasteiger partial charge in [-0.05, 0) is 61.5 Å².